The highest BCUT2D eigenvalue weighted by molar-refractivity contribution is 9.09. The topological polar surface area (TPSA) is 125 Å². The minimum absolute atomic E-state index is 0.0149. The van der Waals surface area contributed by atoms with Crippen molar-refractivity contribution in [2.24, 2.45) is 17.8 Å². The molecule has 2 bridgehead atoms. The van der Waals surface area contributed by atoms with Crippen LogP contribution in [-0.4, -0.2) is 93.0 Å². The Labute approximate surface area is 298 Å². The molecule has 4 aliphatic rings. The smallest absolute Gasteiger partial charge is 0.306 e. The van der Waals surface area contributed by atoms with Gasteiger partial charge in [-0.05, 0) is 37.2 Å². The second kappa shape index (κ2) is 16.3. The van der Waals surface area contributed by atoms with Crippen molar-refractivity contribution in [1.29, 1.82) is 0 Å². The van der Waals surface area contributed by atoms with E-state index in [4.69, 9.17) is 9.47 Å². The van der Waals surface area contributed by atoms with Crippen LogP contribution in [0.25, 0.3) is 0 Å². The van der Waals surface area contributed by atoms with Crippen molar-refractivity contribution in [2.45, 2.75) is 112 Å². The molecule has 3 heterocycles. The van der Waals surface area contributed by atoms with Gasteiger partial charge in [0.05, 0.1) is 36.6 Å². The van der Waals surface area contributed by atoms with Crippen LogP contribution in [0.15, 0.2) is 55.6 Å². The first-order valence-corrected chi connectivity index (χ1v) is 18.8. The number of rotatable bonds is 16. The Balaban J connectivity index is 1.51. The predicted octanol–water partition coefficient (Wildman–Crippen LogP) is 4.86. The van der Waals surface area contributed by atoms with Crippen LogP contribution in [0.1, 0.15) is 83.2 Å². The second-order valence-electron chi connectivity index (χ2n) is 14.1. The summed E-state index contributed by atoms with van der Waals surface area (Å²) >= 11 is 3.78. The molecule has 3 saturated heterocycles. The minimum Gasteiger partial charge on any atom is -0.463 e. The van der Waals surface area contributed by atoms with Gasteiger partial charge in [-0.25, -0.2) is 0 Å². The monoisotopic (exact) mass is 741 g/mol. The van der Waals surface area contributed by atoms with Crippen LogP contribution in [0.2, 0.25) is 0 Å². The number of carbonyl (C=O) groups is 4. The molecule has 4 fully saturated rings. The molecule has 2 N–H and O–H groups in total. The third-order valence-corrected chi connectivity index (χ3v) is 12.1. The largest absolute Gasteiger partial charge is 0.463 e. The SMILES string of the molecule is C=CCCC(=O)OC[C@@H](NC(=O)[C@H]1[C@@H]2O[C@@]3(CC2Br)[C@@H]1C(=O)N([C@@H](CO)[C@@H](C)CC)[C@@H]3C(=O)N(CC=C)C1CCCCC1)c1ccccc1. The third-order valence-electron chi connectivity index (χ3n) is 11.2. The van der Waals surface area contributed by atoms with E-state index in [9.17, 15) is 24.3 Å². The number of allylic oxidation sites excluding steroid dienone is 1. The Hall–Kier alpha value is -3.02. The summed E-state index contributed by atoms with van der Waals surface area (Å²) in [6.07, 6.45) is 9.36. The van der Waals surface area contributed by atoms with E-state index in [1.54, 1.807) is 17.1 Å². The van der Waals surface area contributed by atoms with Crippen molar-refractivity contribution in [3.05, 3.63) is 61.2 Å². The van der Waals surface area contributed by atoms with Gasteiger partial charge in [0.1, 0.15) is 18.2 Å². The van der Waals surface area contributed by atoms with Gasteiger partial charge in [-0.1, -0.05) is 97.9 Å². The summed E-state index contributed by atoms with van der Waals surface area (Å²) in [6.45, 7) is 11.5. The van der Waals surface area contributed by atoms with Crippen LogP contribution in [0.5, 0.6) is 0 Å². The van der Waals surface area contributed by atoms with Gasteiger partial charge in [0.15, 0.2) is 0 Å². The fourth-order valence-electron chi connectivity index (χ4n) is 8.57. The number of aliphatic hydroxyl groups is 1. The summed E-state index contributed by atoms with van der Waals surface area (Å²) < 4.78 is 12.4. The number of amides is 3. The second-order valence-corrected chi connectivity index (χ2v) is 15.3. The molecule has 1 aliphatic carbocycles. The van der Waals surface area contributed by atoms with Crippen molar-refractivity contribution in [2.75, 3.05) is 19.8 Å². The van der Waals surface area contributed by atoms with Gasteiger partial charge >= 0.3 is 5.97 Å². The molecular formula is C38H52BrN3O7. The van der Waals surface area contributed by atoms with E-state index in [1.165, 1.54) is 0 Å². The highest BCUT2D eigenvalue weighted by Crippen LogP contribution is 2.61. The zero-order chi connectivity index (χ0) is 35.3. The number of fused-ring (bicyclic) bond motifs is 1. The highest BCUT2D eigenvalue weighted by Gasteiger charge is 2.77. The highest BCUT2D eigenvalue weighted by atomic mass is 79.9. The zero-order valence-corrected chi connectivity index (χ0v) is 30.4. The standard InChI is InChI=1S/C38H52BrN3O7/c1-5-8-19-30(44)48-23-28(25-15-11-9-12-16-25)40-35(45)31-32-36(46)42(29(22-43)24(4)7-3)34(38(32)21-27(39)33(31)49-38)37(47)41(20-6-2)26-17-13-10-14-18-26/h5-6,9,11-12,15-16,24,26-29,31-34,43H,1-2,7-8,10,13-14,17-23H2,3-4H3,(H,40,45)/t24-,27?,28+,29-,31+,32-,33+,34+,38-/m0/s1. The van der Waals surface area contributed by atoms with Crippen molar-refractivity contribution < 1.29 is 33.8 Å². The van der Waals surface area contributed by atoms with Crippen LogP contribution < -0.4 is 5.32 Å². The lowest BCUT2D eigenvalue weighted by Gasteiger charge is -2.43. The number of hydrogen-bond donors (Lipinski definition) is 2. The molecule has 9 atom stereocenters. The van der Waals surface area contributed by atoms with E-state index in [2.05, 4.69) is 34.4 Å². The molecular weight excluding hydrogens is 690 g/mol. The maximum Gasteiger partial charge on any atom is 0.306 e. The number of halogens is 1. The minimum atomic E-state index is -1.26. The van der Waals surface area contributed by atoms with Gasteiger partial charge in [0.2, 0.25) is 17.7 Å². The lowest BCUT2D eigenvalue weighted by molar-refractivity contribution is -0.154. The van der Waals surface area contributed by atoms with E-state index < -0.39 is 53.5 Å². The molecule has 3 amide bonds. The first kappa shape index (κ1) is 37.2. The van der Waals surface area contributed by atoms with Crippen LogP contribution in [-0.2, 0) is 28.7 Å². The Kier molecular flexibility index (Phi) is 12.4. The number of hydrogen-bond acceptors (Lipinski definition) is 7. The summed E-state index contributed by atoms with van der Waals surface area (Å²) in [6, 6.07) is 6.97. The number of nitrogens with one attached hydrogen (secondary N) is 1. The molecule has 1 aromatic carbocycles. The average Bonchev–Trinajstić information content (AvgIpc) is 3.71. The molecule has 1 saturated carbocycles. The van der Waals surface area contributed by atoms with Gasteiger partial charge in [0, 0.05) is 23.8 Å². The molecule has 268 valence electrons. The van der Waals surface area contributed by atoms with Crippen molar-refractivity contribution in [3.8, 4) is 0 Å². The van der Waals surface area contributed by atoms with E-state index in [0.29, 0.717) is 25.8 Å². The number of nitrogens with zero attached hydrogens (tertiary/aromatic N) is 2. The maximum absolute atomic E-state index is 15.0. The first-order valence-electron chi connectivity index (χ1n) is 17.9. The molecule has 5 rings (SSSR count). The zero-order valence-electron chi connectivity index (χ0n) is 28.8. The number of ether oxygens (including phenoxy) is 2. The van der Waals surface area contributed by atoms with Gasteiger partial charge in [0.25, 0.3) is 0 Å². The summed E-state index contributed by atoms with van der Waals surface area (Å²) in [5, 5.41) is 13.8. The van der Waals surface area contributed by atoms with E-state index in [1.807, 2.05) is 49.1 Å². The summed E-state index contributed by atoms with van der Waals surface area (Å²) in [5.74, 6) is -3.30. The first-order chi connectivity index (χ1) is 23.6. The van der Waals surface area contributed by atoms with Crippen LogP contribution in [0, 0.1) is 17.8 Å². The number of esters is 1. The molecule has 1 aromatic rings. The van der Waals surface area contributed by atoms with Gasteiger partial charge in [-0.15, -0.1) is 13.2 Å². The van der Waals surface area contributed by atoms with Crippen LogP contribution in [0.3, 0.4) is 0 Å². The van der Waals surface area contributed by atoms with Gasteiger partial charge < -0.3 is 29.7 Å². The lowest BCUT2D eigenvalue weighted by Crippen LogP contribution is -2.61. The number of likely N-dealkylation sites (tertiary alicyclic amines) is 1. The predicted molar refractivity (Wildman–Crippen MR) is 189 cm³/mol. The number of alkyl halides is 1. The van der Waals surface area contributed by atoms with E-state index in [0.717, 1.165) is 37.7 Å². The number of benzene rings is 1. The number of aliphatic hydroxyl groups excluding tert-OH is 1. The van der Waals surface area contributed by atoms with Crippen molar-refractivity contribution >= 4 is 39.6 Å². The third kappa shape index (κ3) is 7.26. The summed E-state index contributed by atoms with van der Waals surface area (Å²) in [7, 11) is 0. The molecule has 10 nitrogen and oxygen atoms in total. The Morgan fingerprint density at radius 1 is 1.18 bits per heavy atom. The summed E-state index contributed by atoms with van der Waals surface area (Å²) in [4.78, 5) is 59.8. The molecule has 0 radical (unpaired) electrons. The Morgan fingerprint density at radius 3 is 2.53 bits per heavy atom. The van der Waals surface area contributed by atoms with Crippen molar-refractivity contribution in [1.82, 2.24) is 15.1 Å². The molecule has 49 heavy (non-hydrogen) atoms. The fraction of sp³-hybridized carbons (Fsp3) is 0.632. The fourth-order valence-corrected chi connectivity index (χ4v) is 9.51. The van der Waals surface area contributed by atoms with Gasteiger partial charge in [-0.3, -0.25) is 19.2 Å². The molecule has 1 spiro atoms. The maximum atomic E-state index is 15.0. The summed E-state index contributed by atoms with van der Waals surface area (Å²) in [5.41, 5.74) is -0.512. The molecule has 3 aliphatic heterocycles. The average molecular weight is 743 g/mol. The van der Waals surface area contributed by atoms with E-state index in [-0.39, 0.29) is 48.2 Å². The molecule has 0 aromatic heterocycles. The quantitative estimate of drug-likeness (QED) is 0.141. The molecule has 1 unspecified atom stereocenters. The van der Waals surface area contributed by atoms with Crippen molar-refractivity contribution in [3.63, 3.8) is 0 Å². The Bertz CT molecular complexity index is 1370. The Morgan fingerprint density at radius 2 is 1.90 bits per heavy atom. The van der Waals surface area contributed by atoms with E-state index >= 15 is 0 Å². The van der Waals surface area contributed by atoms with Crippen LogP contribution in [0.4, 0.5) is 0 Å². The molecule has 11 heteroatoms. The number of carbonyl (C=O) groups excluding carboxylic acids is 4. The van der Waals surface area contributed by atoms with Crippen LogP contribution >= 0.6 is 15.9 Å². The normalized spacial score (nSPS) is 29.5. The van der Waals surface area contributed by atoms with Gasteiger partial charge in [-0.2, -0.15) is 0 Å². The lowest BCUT2D eigenvalue weighted by atomic mass is 9.70.